The van der Waals surface area contributed by atoms with Crippen LogP contribution in [-0.4, -0.2) is 5.16 Å². The zero-order valence-electron chi connectivity index (χ0n) is 14.5. The molecule has 1 aliphatic rings. The number of hydrogen-bond donors (Lipinski definition) is 0. The third-order valence-electron chi connectivity index (χ3n) is 5.15. The largest absolute Gasteiger partial charge is 0.485 e. The molecule has 0 spiro atoms. The van der Waals surface area contributed by atoms with E-state index < -0.39 is 0 Å². The van der Waals surface area contributed by atoms with Gasteiger partial charge in [-0.2, -0.15) is 0 Å². The van der Waals surface area contributed by atoms with Crippen LogP contribution in [0.3, 0.4) is 0 Å². The lowest BCUT2D eigenvalue weighted by Gasteiger charge is -2.10. The molecule has 2 heterocycles. The number of ether oxygens (including phenoxy) is 1. The summed E-state index contributed by atoms with van der Waals surface area (Å²) in [6.45, 7) is 3.98. The van der Waals surface area contributed by atoms with Crippen LogP contribution < -0.4 is 10.4 Å². The zero-order chi connectivity index (χ0) is 17.4. The number of nitrogens with zero attached hydrogens (tertiary/aromatic N) is 1. The molecule has 0 atom stereocenters. The van der Waals surface area contributed by atoms with Crippen molar-refractivity contribution >= 4 is 11.0 Å². The molecular weight excluding hydrogens is 318 g/mol. The van der Waals surface area contributed by atoms with Crippen LogP contribution in [0.1, 0.15) is 54.2 Å². The lowest BCUT2D eigenvalue weighted by molar-refractivity contribution is 0.250. The molecule has 3 aromatic rings. The van der Waals surface area contributed by atoms with Crippen molar-refractivity contribution in [3.05, 3.63) is 57.3 Å². The molecule has 130 valence electrons. The molecule has 4 rings (SSSR count). The molecule has 1 aliphatic carbocycles. The summed E-state index contributed by atoms with van der Waals surface area (Å²) in [6.07, 6.45) is 4.91. The Balaban J connectivity index is 1.59. The molecule has 0 amide bonds. The van der Waals surface area contributed by atoms with Crippen molar-refractivity contribution in [2.75, 3.05) is 0 Å². The second-order valence-electron chi connectivity index (χ2n) is 6.76. The second kappa shape index (κ2) is 6.39. The maximum absolute atomic E-state index is 11.8. The van der Waals surface area contributed by atoms with E-state index in [1.807, 2.05) is 25.1 Å². The van der Waals surface area contributed by atoms with E-state index in [2.05, 4.69) is 5.16 Å². The Morgan fingerprint density at radius 1 is 1.20 bits per heavy atom. The fourth-order valence-corrected chi connectivity index (χ4v) is 3.56. The highest BCUT2D eigenvalue weighted by atomic mass is 16.5. The number of aromatic nitrogens is 1. The summed E-state index contributed by atoms with van der Waals surface area (Å²) in [7, 11) is 0. The van der Waals surface area contributed by atoms with Gasteiger partial charge in [0.1, 0.15) is 17.9 Å². The molecule has 1 fully saturated rings. The van der Waals surface area contributed by atoms with E-state index in [1.54, 1.807) is 13.0 Å². The van der Waals surface area contributed by atoms with E-state index in [1.165, 1.54) is 25.7 Å². The first-order chi connectivity index (χ1) is 12.1. The quantitative estimate of drug-likeness (QED) is 0.648. The molecule has 1 aromatic carbocycles. The number of fused-ring (bicyclic) bond motifs is 1. The lowest BCUT2D eigenvalue weighted by Crippen LogP contribution is -2.06. The highest BCUT2D eigenvalue weighted by Crippen LogP contribution is 2.34. The van der Waals surface area contributed by atoms with Crippen LogP contribution in [0.2, 0.25) is 0 Å². The van der Waals surface area contributed by atoms with Crippen LogP contribution in [0.4, 0.5) is 0 Å². The summed E-state index contributed by atoms with van der Waals surface area (Å²) in [4.78, 5) is 11.8. The van der Waals surface area contributed by atoms with Gasteiger partial charge in [0.05, 0.1) is 11.1 Å². The van der Waals surface area contributed by atoms with Crippen molar-refractivity contribution in [1.29, 1.82) is 0 Å². The van der Waals surface area contributed by atoms with Crippen molar-refractivity contribution < 1.29 is 13.7 Å². The molecule has 0 radical (unpaired) electrons. The summed E-state index contributed by atoms with van der Waals surface area (Å²) in [5.74, 6) is 1.92. The van der Waals surface area contributed by atoms with Gasteiger partial charge in [0.25, 0.3) is 0 Å². The third kappa shape index (κ3) is 2.95. The Morgan fingerprint density at radius 3 is 2.80 bits per heavy atom. The van der Waals surface area contributed by atoms with E-state index in [-0.39, 0.29) is 5.63 Å². The summed E-state index contributed by atoms with van der Waals surface area (Å²) in [5.41, 5.74) is 2.75. The first-order valence-corrected chi connectivity index (χ1v) is 8.75. The normalized spacial score (nSPS) is 15.1. The smallest absolute Gasteiger partial charge is 0.339 e. The van der Waals surface area contributed by atoms with E-state index in [4.69, 9.17) is 13.7 Å². The number of aryl methyl sites for hydroxylation is 1. The van der Waals surface area contributed by atoms with Crippen LogP contribution in [-0.2, 0) is 6.61 Å². The van der Waals surface area contributed by atoms with Gasteiger partial charge >= 0.3 is 5.63 Å². The summed E-state index contributed by atoms with van der Waals surface area (Å²) < 4.78 is 16.8. The highest BCUT2D eigenvalue weighted by molar-refractivity contribution is 5.87. The molecule has 0 bridgehead atoms. The molecule has 0 saturated heterocycles. The van der Waals surface area contributed by atoms with Crippen LogP contribution in [0.15, 0.2) is 38.0 Å². The maximum Gasteiger partial charge on any atom is 0.339 e. The average molecular weight is 339 g/mol. The van der Waals surface area contributed by atoms with Gasteiger partial charge in [-0.1, -0.05) is 24.1 Å². The molecule has 0 unspecified atom stereocenters. The first-order valence-electron chi connectivity index (χ1n) is 8.75. The minimum atomic E-state index is -0.307. The summed E-state index contributed by atoms with van der Waals surface area (Å²) in [6, 6.07) is 7.48. The van der Waals surface area contributed by atoms with Gasteiger partial charge in [-0.15, -0.1) is 0 Å². The van der Waals surface area contributed by atoms with Crippen molar-refractivity contribution in [2.24, 2.45) is 0 Å². The second-order valence-corrected chi connectivity index (χ2v) is 6.76. The Hall–Kier alpha value is -2.56. The van der Waals surface area contributed by atoms with Gasteiger partial charge in [0, 0.05) is 17.5 Å². The van der Waals surface area contributed by atoms with E-state index >= 15 is 0 Å². The average Bonchev–Trinajstić information content (AvgIpc) is 3.29. The van der Waals surface area contributed by atoms with Crippen molar-refractivity contribution in [3.63, 3.8) is 0 Å². The lowest BCUT2D eigenvalue weighted by atomic mass is 10.0. The molecular formula is C20H21NO4. The Kier molecular flexibility index (Phi) is 4.07. The minimum Gasteiger partial charge on any atom is -0.485 e. The van der Waals surface area contributed by atoms with Gasteiger partial charge in [-0.25, -0.2) is 4.79 Å². The fraction of sp³-hybridized carbons (Fsp3) is 0.400. The maximum atomic E-state index is 11.8. The molecule has 2 aromatic heterocycles. The zero-order valence-corrected chi connectivity index (χ0v) is 14.5. The molecule has 1 saturated carbocycles. The first kappa shape index (κ1) is 15.9. The third-order valence-corrected chi connectivity index (χ3v) is 5.15. The van der Waals surface area contributed by atoms with Gasteiger partial charge in [-0.05, 0) is 44.4 Å². The molecule has 0 N–H and O–H groups in total. The summed E-state index contributed by atoms with van der Waals surface area (Å²) in [5, 5.41) is 5.03. The fourth-order valence-electron chi connectivity index (χ4n) is 3.56. The Labute approximate surface area is 145 Å². The topological polar surface area (TPSA) is 65.5 Å². The van der Waals surface area contributed by atoms with Gasteiger partial charge in [0.15, 0.2) is 5.76 Å². The van der Waals surface area contributed by atoms with E-state index in [9.17, 15) is 4.79 Å². The Bertz CT molecular complexity index is 963. The van der Waals surface area contributed by atoms with Crippen molar-refractivity contribution in [3.8, 4) is 5.75 Å². The van der Waals surface area contributed by atoms with Crippen molar-refractivity contribution in [2.45, 2.75) is 52.1 Å². The molecule has 5 nitrogen and oxygen atoms in total. The monoisotopic (exact) mass is 339 g/mol. The molecule has 5 heteroatoms. The summed E-state index contributed by atoms with van der Waals surface area (Å²) >= 11 is 0. The van der Waals surface area contributed by atoms with Gasteiger partial charge < -0.3 is 13.7 Å². The predicted molar refractivity (Wildman–Crippen MR) is 94.0 cm³/mol. The Morgan fingerprint density at radius 2 is 2.00 bits per heavy atom. The van der Waals surface area contributed by atoms with Crippen LogP contribution in [0.25, 0.3) is 11.0 Å². The number of benzene rings is 1. The van der Waals surface area contributed by atoms with Crippen LogP contribution in [0.5, 0.6) is 5.75 Å². The highest BCUT2D eigenvalue weighted by Gasteiger charge is 2.21. The number of rotatable bonds is 4. The molecule has 25 heavy (non-hydrogen) atoms. The van der Waals surface area contributed by atoms with Gasteiger partial charge in [0.2, 0.25) is 0 Å². The van der Waals surface area contributed by atoms with Crippen LogP contribution >= 0.6 is 0 Å². The standard InChI is InChI=1S/C20H21NO4/c1-12-13(2)20(22)24-18-9-5-8-17(19(12)18)23-11-15-10-16(21-25-15)14-6-3-4-7-14/h5,8-10,14H,3-4,6-7,11H2,1-2H3. The van der Waals surface area contributed by atoms with Crippen LogP contribution in [0, 0.1) is 13.8 Å². The SMILES string of the molecule is Cc1c(C)c2c(OCc3cc(C4CCCC4)no3)cccc2oc1=O. The minimum absolute atomic E-state index is 0.302. The number of hydrogen-bond acceptors (Lipinski definition) is 5. The predicted octanol–water partition coefficient (Wildman–Crippen LogP) is 4.63. The van der Waals surface area contributed by atoms with E-state index in [0.717, 1.165) is 16.6 Å². The van der Waals surface area contributed by atoms with Crippen molar-refractivity contribution in [1.82, 2.24) is 5.16 Å². The van der Waals surface area contributed by atoms with Gasteiger partial charge in [-0.3, -0.25) is 0 Å². The van der Waals surface area contributed by atoms with E-state index in [0.29, 0.717) is 35.2 Å². The molecule has 0 aliphatic heterocycles.